The van der Waals surface area contributed by atoms with Crippen LogP contribution >= 0.6 is 11.3 Å². The smallest absolute Gasteiger partial charge is 0.454 e. The predicted octanol–water partition coefficient (Wildman–Crippen LogP) is 11.5. The van der Waals surface area contributed by atoms with Gasteiger partial charge in [-0.1, -0.05) is 88.7 Å². The number of halogens is 3. The van der Waals surface area contributed by atoms with Gasteiger partial charge in [0.15, 0.2) is 0 Å². The monoisotopic (exact) mass is 851 g/mol. The second-order valence-electron chi connectivity index (χ2n) is 14.1. The number of nitrogens with zero attached hydrogens (tertiary/aromatic N) is 1. The minimum absolute atomic E-state index is 0. The SMILES string of the molecule is CC(C)C/C(O)=C/C(=O)C(F)(F)F.[CH2-]c1c(-c2c3sc4cc(C5CCCC5)ccc4c3cc[n+]2[CH2-])cc(C(C)(C)C)c2ccccc12.[Ir]. The first-order valence-corrected chi connectivity index (χ1v) is 17.0. The summed E-state index contributed by atoms with van der Waals surface area (Å²) in [5.41, 5.74) is 6.33. The summed E-state index contributed by atoms with van der Waals surface area (Å²) in [4.78, 5) is 10.3. The van der Waals surface area contributed by atoms with Crippen molar-refractivity contribution in [1.82, 2.24) is 0 Å². The van der Waals surface area contributed by atoms with Crippen molar-refractivity contribution in [2.24, 2.45) is 5.92 Å². The quantitative estimate of drug-likeness (QED) is 0.0828. The van der Waals surface area contributed by atoms with E-state index < -0.39 is 17.7 Å². The molecule has 5 aromatic rings. The van der Waals surface area contributed by atoms with E-state index in [4.69, 9.17) is 5.11 Å². The second-order valence-corrected chi connectivity index (χ2v) is 15.1. The van der Waals surface area contributed by atoms with Crippen LogP contribution in [0.3, 0.4) is 0 Å². The number of ketones is 1. The zero-order valence-corrected chi connectivity index (χ0v) is 31.3. The van der Waals surface area contributed by atoms with Crippen LogP contribution < -0.4 is 4.57 Å². The van der Waals surface area contributed by atoms with E-state index in [0.29, 0.717) is 0 Å². The van der Waals surface area contributed by atoms with Gasteiger partial charge in [-0.15, -0.1) is 34.4 Å². The van der Waals surface area contributed by atoms with Gasteiger partial charge in [-0.2, -0.15) is 25.7 Å². The van der Waals surface area contributed by atoms with Crippen LogP contribution in [0, 0.1) is 19.9 Å². The summed E-state index contributed by atoms with van der Waals surface area (Å²) in [5.74, 6) is -1.81. The first kappa shape index (κ1) is 37.5. The Labute approximate surface area is 299 Å². The van der Waals surface area contributed by atoms with Crippen molar-refractivity contribution in [2.45, 2.75) is 84.2 Å². The fraction of sp³-hybridized carbons (Fsp3) is 0.350. The van der Waals surface area contributed by atoms with E-state index in [2.05, 4.69) is 95.5 Å². The van der Waals surface area contributed by atoms with E-state index >= 15 is 0 Å². The van der Waals surface area contributed by atoms with Crippen LogP contribution in [0.15, 0.2) is 72.6 Å². The zero-order valence-electron chi connectivity index (χ0n) is 28.1. The summed E-state index contributed by atoms with van der Waals surface area (Å²) in [6, 6.07) is 20.5. The van der Waals surface area contributed by atoms with Crippen molar-refractivity contribution in [3.63, 3.8) is 0 Å². The van der Waals surface area contributed by atoms with Gasteiger partial charge in [0.1, 0.15) is 0 Å². The Hall–Kier alpha value is -3.32. The zero-order chi connectivity index (χ0) is 34.3. The summed E-state index contributed by atoms with van der Waals surface area (Å²) in [6.07, 6.45) is 2.90. The Morgan fingerprint density at radius 3 is 2.25 bits per heavy atom. The molecule has 3 aromatic carbocycles. The van der Waals surface area contributed by atoms with Gasteiger partial charge in [-0.3, -0.25) is 4.79 Å². The van der Waals surface area contributed by atoms with Crippen molar-refractivity contribution < 1.29 is 47.7 Å². The molecule has 2 heterocycles. The van der Waals surface area contributed by atoms with Gasteiger partial charge in [0.25, 0.3) is 5.78 Å². The summed E-state index contributed by atoms with van der Waals surface area (Å²) >= 11 is 1.91. The second kappa shape index (κ2) is 14.7. The maximum absolute atomic E-state index is 11.6. The Morgan fingerprint density at radius 1 is 1.00 bits per heavy atom. The number of fused-ring (bicyclic) bond motifs is 4. The molecule has 0 aliphatic heterocycles. The molecular weight excluding hydrogens is 808 g/mol. The maximum Gasteiger partial charge on any atom is 0.454 e. The van der Waals surface area contributed by atoms with Crippen LogP contribution in [0.25, 0.3) is 42.2 Å². The molecule has 1 radical (unpaired) electrons. The van der Waals surface area contributed by atoms with Crippen LogP contribution in [0.5, 0.6) is 0 Å². The number of carbonyl (C=O) groups excluding carboxylic acids is 1. The molecule has 0 amide bonds. The molecule has 257 valence electrons. The standard InChI is InChI=1S/C32H32NS.C8H11F3O2.Ir/c1-20-23-12-8-9-13-24(23)28(32(2,3)4)19-27(20)30-31-26(16-17-33(30)5)25-15-14-22(18-29(25)34-31)21-10-6-7-11-21;1-5(2)3-6(12)4-7(13)8(9,10)11;/h8-9,12-19,21H,1,5-7,10-11H2,2-4H3;4-5,12H,3H2,1-2H3;/q-1;;/b;6-4-;. The first-order valence-electron chi connectivity index (χ1n) is 16.2. The average molecular weight is 851 g/mol. The molecule has 3 nitrogen and oxygen atoms in total. The van der Waals surface area contributed by atoms with Crippen LogP contribution in [0.2, 0.25) is 0 Å². The molecule has 1 saturated carbocycles. The third kappa shape index (κ3) is 7.93. The normalized spacial score (nSPS) is 14.4. The summed E-state index contributed by atoms with van der Waals surface area (Å²) in [5, 5.41) is 14.1. The van der Waals surface area contributed by atoms with Crippen molar-refractivity contribution >= 4 is 48.1 Å². The third-order valence-electron chi connectivity index (χ3n) is 8.92. The topological polar surface area (TPSA) is 41.2 Å². The molecule has 1 aliphatic carbocycles. The van der Waals surface area contributed by atoms with E-state index in [1.165, 1.54) is 79.0 Å². The summed E-state index contributed by atoms with van der Waals surface area (Å²) in [6.45, 7) is 14.9. The minimum Gasteiger partial charge on any atom is -0.512 e. The van der Waals surface area contributed by atoms with Gasteiger partial charge in [-0.25, -0.2) is 0 Å². The number of aromatic nitrogens is 1. The molecule has 1 aliphatic rings. The van der Waals surface area contributed by atoms with Gasteiger partial charge < -0.3 is 9.67 Å². The Morgan fingerprint density at radius 2 is 1.65 bits per heavy atom. The Kier molecular flexibility index (Phi) is 11.4. The number of rotatable bonds is 5. The molecule has 0 spiro atoms. The summed E-state index contributed by atoms with van der Waals surface area (Å²) in [7, 11) is 4.41. The number of hydrogen-bond acceptors (Lipinski definition) is 3. The largest absolute Gasteiger partial charge is 0.512 e. The number of alkyl halides is 3. The molecule has 48 heavy (non-hydrogen) atoms. The number of benzene rings is 3. The number of aliphatic hydroxyl groups is 1. The van der Waals surface area contributed by atoms with Gasteiger partial charge in [0, 0.05) is 49.0 Å². The number of carbonyl (C=O) groups is 1. The number of pyridine rings is 1. The Bertz CT molecular complexity index is 1980. The molecule has 2 aromatic heterocycles. The van der Waals surface area contributed by atoms with Crippen LogP contribution in [-0.2, 0) is 30.3 Å². The van der Waals surface area contributed by atoms with E-state index in [1.807, 2.05) is 15.9 Å². The van der Waals surface area contributed by atoms with Gasteiger partial charge in [0.05, 0.1) is 17.6 Å². The molecule has 1 N–H and O–H groups in total. The van der Waals surface area contributed by atoms with E-state index in [9.17, 15) is 18.0 Å². The molecule has 8 heteroatoms. The fourth-order valence-corrected chi connectivity index (χ4v) is 7.93. The van der Waals surface area contributed by atoms with Crippen LogP contribution in [-0.4, -0.2) is 17.1 Å². The average Bonchev–Trinajstić information content (AvgIpc) is 3.65. The van der Waals surface area contributed by atoms with Gasteiger partial charge in [-0.05, 0) is 58.6 Å². The molecule has 1 fully saturated rings. The molecule has 0 atom stereocenters. The summed E-state index contributed by atoms with van der Waals surface area (Å²) < 4.78 is 39.7. The third-order valence-corrected chi connectivity index (χ3v) is 10.1. The molecular formula is C40H43F3IrNO2S-. The van der Waals surface area contributed by atoms with Crippen molar-refractivity contribution in [3.8, 4) is 11.3 Å². The number of hydrogen-bond donors (Lipinski definition) is 1. The fourth-order valence-electron chi connectivity index (χ4n) is 6.61. The van der Waals surface area contributed by atoms with E-state index in [1.54, 1.807) is 13.8 Å². The number of allylic oxidation sites excluding steroid dienone is 2. The van der Waals surface area contributed by atoms with Crippen molar-refractivity contribution in [1.29, 1.82) is 0 Å². The minimum atomic E-state index is -4.90. The van der Waals surface area contributed by atoms with Crippen molar-refractivity contribution in [3.05, 3.63) is 103 Å². The van der Waals surface area contributed by atoms with Gasteiger partial charge in [0.2, 0.25) is 0 Å². The Balaban J connectivity index is 0.000000319. The number of aliphatic hydroxyl groups excluding tert-OH is 1. The molecule has 0 bridgehead atoms. The van der Waals surface area contributed by atoms with E-state index in [-0.39, 0.29) is 43.9 Å². The van der Waals surface area contributed by atoms with Crippen LogP contribution in [0.4, 0.5) is 13.2 Å². The first-order chi connectivity index (χ1) is 22.1. The van der Waals surface area contributed by atoms with Crippen molar-refractivity contribution in [2.75, 3.05) is 0 Å². The molecule has 0 unspecified atom stereocenters. The maximum atomic E-state index is 11.6. The predicted molar refractivity (Wildman–Crippen MR) is 189 cm³/mol. The van der Waals surface area contributed by atoms with Gasteiger partial charge >= 0.3 is 6.18 Å². The molecule has 6 rings (SSSR count). The van der Waals surface area contributed by atoms with E-state index in [0.717, 1.165) is 11.5 Å². The van der Waals surface area contributed by atoms with Crippen LogP contribution in [0.1, 0.15) is 89.3 Å². The number of thiophene rings is 1. The molecule has 0 saturated heterocycles.